The highest BCUT2D eigenvalue weighted by atomic mass is 16.5. The lowest BCUT2D eigenvalue weighted by Crippen LogP contribution is -2.53. The quantitative estimate of drug-likeness (QED) is 0.206. The van der Waals surface area contributed by atoms with Crippen molar-refractivity contribution in [3.63, 3.8) is 0 Å². The van der Waals surface area contributed by atoms with Gasteiger partial charge in [-0.25, -0.2) is 0 Å². The molecular weight excluding hydrogens is 328 g/mol. The van der Waals surface area contributed by atoms with Crippen LogP contribution in [-0.2, 0) is 14.3 Å². The number of amides is 2. The first-order chi connectivity index (χ1) is 11.8. The second-order valence-electron chi connectivity index (χ2n) is 6.07. The molecular formula is C17H32N2O6. The highest BCUT2D eigenvalue weighted by Crippen LogP contribution is 2.11. The molecule has 146 valence electrons. The minimum absolute atomic E-state index is 0.738. The van der Waals surface area contributed by atoms with Crippen molar-refractivity contribution in [3.8, 4) is 0 Å². The topological polar surface area (TPSA) is 156 Å². The highest BCUT2D eigenvalue weighted by Gasteiger charge is 2.37. The number of nitrogens with two attached hydrogens (primary N) is 2. The number of carbonyl (C=O) groups excluding carboxylic acids is 2. The molecule has 0 aliphatic heterocycles. The van der Waals surface area contributed by atoms with Gasteiger partial charge in [0.2, 0.25) is 12.0 Å². The molecule has 8 nitrogen and oxygen atoms in total. The Morgan fingerprint density at radius 1 is 0.920 bits per heavy atom. The van der Waals surface area contributed by atoms with Crippen LogP contribution in [0.1, 0.15) is 58.3 Å². The average Bonchev–Trinajstić information content (AvgIpc) is 2.57. The third-order valence-corrected chi connectivity index (χ3v) is 3.85. The summed E-state index contributed by atoms with van der Waals surface area (Å²) < 4.78 is 5.05. The number of hydrogen-bond donors (Lipinski definition) is 5. The van der Waals surface area contributed by atoms with Gasteiger partial charge in [-0.2, -0.15) is 0 Å². The lowest BCUT2D eigenvalue weighted by atomic mass is 10.0. The SMILES string of the molecule is CCCCCCCCC/C=C/O[C@@H](C(N)=O)[C@@H](O)[C@H](O)[C@H](O)C(N)=O. The van der Waals surface area contributed by atoms with Gasteiger partial charge in [0.15, 0.2) is 6.10 Å². The van der Waals surface area contributed by atoms with E-state index in [0.717, 1.165) is 19.3 Å². The first kappa shape index (κ1) is 23.4. The molecule has 0 bridgehead atoms. The Kier molecular flexibility index (Phi) is 12.7. The monoisotopic (exact) mass is 360 g/mol. The van der Waals surface area contributed by atoms with E-state index in [0.29, 0.717) is 0 Å². The largest absolute Gasteiger partial charge is 0.486 e. The maximum absolute atomic E-state index is 11.3. The fourth-order valence-electron chi connectivity index (χ4n) is 2.28. The van der Waals surface area contributed by atoms with Crippen LogP contribution in [0.15, 0.2) is 12.3 Å². The van der Waals surface area contributed by atoms with Crippen molar-refractivity contribution in [1.82, 2.24) is 0 Å². The van der Waals surface area contributed by atoms with Gasteiger partial charge < -0.3 is 31.5 Å². The maximum atomic E-state index is 11.3. The molecule has 8 heteroatoms. The minimum Gasteiger partial charge on any atom is -0.486 e. The fraction of sp³-hybridized carbons (Fsp3) is 0.765. The number of allylic oxidation sites excluding steroid dienone is 1. The van der Waals surface area contributed by atoms with E-state index in [1.54, 1.807) is 6.08 Å². The molecule has 7 N–H and O–H groups in total. The number of hydrogen-bond acceptors (Lipinski definition) is 6. The molecule has 0 aromatic carbocycles. The van der Waals surface area contributed by atoms with Crippen molar-refractivity contribution in [1.29, 1.82) is 0 Å². The molecule has 0 aromatic heterocycles. The number of rotatable bonds is 15. The van der Waals surface area contributed by atoms with Crippen molar-refractivity contribution in [2.45, 2.75) is 82.7 Å². The molecule has 0 radical (unpaired) electrons. The van der Waals surface area contributed by atoms with E-state index in [4.69, 9.17) is 16.2 Å². The summed E-state index contributed by atoms with van der Waals surface area (Å²) in [6.07, 6.45) is 4.36. The van der Waals surface area contributed by atoms with Crippen LogP contribution in [-0.4, -0.2) is 51.5 Å². The van der Waals surface area contributed by atoms with Crippen LogP contribution in [0.3, 0.4) is 0 Å². The zero-order chi connectivity index (χ0) is 19.2. The average molecular weight is 360 g/mol. The summed E-state index contributed by atoms with van der Waals surface area (Å²) in [5, 5.41) is 28.8. The van der Waals surface area contributed by atoms with Crippen molar-refractivity contribution < 1.29 is 29.6 Å². The third kappa shape index (κ3) is 10.1. The van der Waals surface area contributed by atoms with Gasteiger partial charge >= 0.3 is 0 Å². The number of carbonyl (C=O) groups is 2. The van der Waals surface area contributed by atoms with E-state index in [1.807, 2.05) is 0 Å². The summed E-state index contributed by atoms with van der Waals surface area (Å²) in [6, 6.07) is 0. The van der Waals surface area contributed by atoms with E-state index in [1.165, 1.54) is 38.4 Å². The Balaban J connectivity index is 4.19. The van der Waals surface area contributed by atoms with Crippen LogP contribution in [0.25, 0.3) is 0 Å². The van der Waals surface area contributed by atoms with Crippen LogP contribution in [0.2, 0.25) is 0 Å². The van der Waals surface area contributed by atoms with Gasteiger partial charge in [0.1, 0.15) is 12.2 Å². The van der Waals surface area contributed by atoms with Gasteiger partial charge in [-0.3, -0.25) is 9.59 Å². The summed E-state index contributed by atoms with van der Waals surface area (Å²) in [4.78, 5) is 22.1. The van der Waals surface area contributed by atoms with E-state index in [-0.39, 0.29) is 0 Å². The Morgan fingerprint density at radius 2 is 1.48 bits per heavy atom. The molecule has 0 unspecified atom stereocenters. The van der Waals surface area contributed by atoms with Gasteiger partial charge in [0, 0.05) is 0 Å². The second-order valence-corrected chi connectivity index (χ2v) is 6.07. The Hall–Kier alpha value is -1.64. The lowest BCUT2D eigenvalue weighted by Gasteiger charge is -2.25. The highest BCUT2D eigenvalue weighted by molar-refractivity contribution is 5.81. The first-order valence-corrected chi connectivity index (χ1v) is 8.76. The number of ether oxygens (including phenoxy) is 1. The lowest BCUT2D eigenvalue weighted by molar-refractivity contribution is -0.152. The predicted octanol–water partition coefficient (Wildman–Crippen LogP) is 0.0793. The van der Waals surface area contributed by atoms with Gasteiger partial charge in [-0.05, 0) is 18.9 Å². The number of unbranched alkanes of at least 4 members (excludes halogenated alkanes) is 7. The predicted molar refractivity (Wildman–Crippen MR) is 93.0 cm³/mol. The smallest absolute Gasteiger partial charge is 0.261 e. The molecule has 0 spiro atoms. The van der Waals surface area contributed by atoms with Crippen LogP contribution in [0.4, 0.5) is 0 Å². The molecule has 0 saturated heterocycles. The van der Waals surface area contributed by atoms with E-state index in [9.17, 15) is 24.9 Å². The molecule has 0 aliphatic carbocycles. The fourth-order valence-corrected chi connectivity index (χ4v) is 2.28. The minimum atomic E-state index is -2.03. The van der Waals surface area contributed by atoms with Crippen molar-refractivity contribution in [2.75, 3.05) is 0 Å². The Morgan fingerprint density at radius 3 is 2.00 bits per heavy atom. The van der Waals surface area contributed by atoms with Crippen LogP contribution in [0, 0.1) is 0 Å². The molecule has 2 amide bonds. The van der Waals surface area contributed by atoms with Gasteiger partial charge in [-0.15, -0.1) is 0 Å². The van der Waals surface area contributed by atoms with E-state index < -0.39 is 36.2 Å². The van der Waals surface area contributed by atoms with E-state index >= 15 is 0 Å². The number of primary amides is 2. The van der Waals surface area contributed by atoms with Crippen molar-refractivity contribution >= 4 is 11.8 Å². The molecule has 0 aromatic rings. The van der Waals surface area contributed by atoms with Crippen LogP contribution < -0.4 is 11.5 Å². The normalized spacial score (nSPS) is 16.3. The molecule has 25 heavy (non-hydrogen) atoms. The summed E-state index contributed by atoms with van der Waals surface area (Å²) in [7, 11) is 0. The first-order valence-electron chi connectivity index (χ1n) is 8.76. The zero-order valence-electron chi connectivity index (χ0n) is 14.8. The van der Waals surface area contributed by atoms with Gasteiger partial charge in [0.05, 0.1) is 6.26 Å². The van der Waals surface area contributed by atoms with E-state index in [2.05, 4.69) is 6.92 Å². The van der Waals surface area contributed by atoms with Crippen molar-refractivity contribution in [2.24, 2.45) is 11.5 Å². The third-order valence-electron chi connectivity index (χ3n) is 3.85. The molecule has 4 atom stereocenters. The standard InChI is InChI=1S/C17H32N2O6/c1-2-3-4-5-6-7-8-9-10-11-25-15(17(19)24)13(21)12(20)14(22)16(18)23/h10-15,20-22H,2-9H2,1H3,(H2,18,23)(H2,19,24)/b11-10+/t12-,13-,14-,15+/m0/s1. The van der Waals surface area contributed by atoms with Crippen molar-refractivity contribution in [3.05, 3.63) is 12.3 Å². The number of aliphatic hydroxyl groups excluding tert-OH is 3. The Bertz CT molecular complexity index is 416. The maximum Gasteiger partial charge on any atom is 0.261 e. The van der Waals surface area contributed by atoms with Crippen LogP contribution >= 0.6 is 0 Å². The van der Waals surface area contributed by atoms with Crippen LogP contribution in [0.5, 0.6) is 0 Å². The molecule has 0 rings (SSSR count). The van der Waals surface area contributed by atoms with Gasteiger partial charge in [0.25, 0.3) is 5.91 Å². The summed E-state index contributed by atoms with van der Waals surface area (Å²) >= 11 is 0. The summed E-state index contributed by atoms with van der Waals surface area (Å²) in [5.41, 5.74) is 9.93. The summed E-state index contributed by atoms with van der Waals surface area (Å²) in [5.74, 6) is -2.27. The zero-order valence-corrected chi connectivity index (χ0v) is 14.8. The molecule has 0 fully saturated rings. The Labute approximate surface area is 148 Å². The number of aliphatic hydroxyl groups is 3. The van der Waals surface area contributed by atoms with Gasteiger partial charge in [-0.1, -0.05) is 45.4 Å². The molecule has 0 heterocycles. The summed E-state index contributed by atoms with van der Waals surface area (Å²) in [6.45, 7) is 2.18. The molecule has 0 aliphatic rings. The second kappa shape index (κ2) is 13.6. The molecule has 0 saturated carbocycles.